The Balaban J connectivity index is 1.33. The second-order valence-electron chi connectivity index (χ2n) is 8.03. The highest BCUT2D eigenvalue weighted by atomic mass is 16.2. The second-order valence-corrected chi connectivity index (χ2v) is 8.03. The monoisotopic (exact) mass is 355 g/mol. The van der Waals surface area contributed by atoms with E-state index in [9.17, 15) is 9.59 Å². The largest absolute Gasteiger partial charge is 0.340 e. The van der Waals surface area contributed by atoms with Crippen molar-refractivity contribution in [3.8, 4) is 0 Å². The lowest BCUT2D eigenvalue weighted by Gasteiger charge is -2.37. The van der Waals surface area contributed by atoms with Crippen LogP contribution in [0.25, 0.3) is 0 Å². The molecule has 5 nitrogen and oxygen atoms in total. The predicted molar refractivity (Wildman–Crippen MR) is 101 cm³/mol. The van der Waals surface area contributed by atoms with Gasteiger partial charge in [-0.15, -0.1) is 0 Å². The Kier molecular flexibility index (Phi) is 4.98. The summed E-state index contributed by atoms with van der Waals surface area (Å²) in [6, 6.07) is 6.19. The molecule has 1 aromatic carbocycles. The van der Waals surface area contributed by atoms with Crippen LogP contribution < -0.4 is 0 Å². The van der Waals surface area contributed by atoms with E-state index in [1.54, 1.807) is 0 Å². The fourth-order valence-corrected chi connectivity index (χ4v) is 4.50. The molecule has 2 amide bonds. The van der Waals surface area contributed by atoms with Gasteiger partial charge in [0.15, 0.2) is 0 Å². The van der Waals surface area contributed by atoms with E-state index in [1.807, 2.05) is 15.9 Å². The van der Waals surface area contributed by atoms with Crippen molar-refractivity contribution in [2.75, 3.05) is 46.3 Å². The van der Waals surface area contributed by atoms with Crippen LogP contribution in [0.2, 0.25) is 0 Å². The highest BCUT2D eigenvalue weighted by Crippen LogP contribution is 2.25. The molecule has 5 heteroatoms. The maximum Gasteiger partial charge on any atom is 0.253 e. The number of likely N-dealkylation sites (tertiary alicyclic amines) is 1. The number of nitrogens with zero attached hydrogens (tertiary/aromatic N) is 3. The molecule has 2 aliphatic heterocycles. The average molecular weight is 355 g/mol. The Bertz CT molecular complexity index is 686. The lowest BCUT2D eigenvalue weighted by atomic mass is 9.94. The van der Waals surface area contributed by atoms with Crippen LogP contribution in [0, 0.1) is 5.92 Å². The van der Waals surface area contributed by atoms with Crippen LogP contribution in [0.15, 0.2) is 18.2 Å². The molecule has 1 aromatic rings. The first-order valence-corrected chi connectivity index (χ1v) is 10.0. The topological polar surface area (TPSA) is 43.9 Å². The molecule has 2 saturated heterocycles. The molecule has 0 aromatic heterocycles. The van der Waals surface area contributed by atoms with Gasteiger partial charge in [0.25, 0.3) is 5.91 Å². The summed E-state index contributed by atoms with van der Waals surface area (Å²) >= 11 is 0. The Labute approximate surface area is 155 Å². The summed E-state index contributed by atoms with van der Waals surface area (Å²) in [4.78, 5) is 31.8. The molecule has 140 valence electrons. The molecule has 0 radical (unpaired) electrons. The van der Waals surface area contributed by atoms with Gasteiger partial charge >= 0.3 is 0 Å². The maximum absolute atomic E-state index is 12.8. The molecule has 26 heavy (non-hydrogen) atoms. The minimum absolute atomic E-state index is 0.0856. The zero-order valence-corrected chi connectivity index (χ0v) is 15.7. The van der Waals surface area contributed by atoms with Crippen LogP contribution >= 0.6 is 0 Å². The van der Waals surface area contributed by atoms with Crippen LogP contribution in [0.1, 0.15) is 40.7 Å². The fourth-order valence-electron chi connectivity index (χ4n) is 4.50. The molecule has 0 bridgehead atoms. The first-order chi connectivity index (χ1) is 12.6. The zero-order valence-electron chi connectivity index (χ0n) is 15.7. The summed E-state index contributed by atoms with van der Waals surface area (Å²) in [5.41, 5.74) is 3.56. The lowest BCUT2D eigenvalue weighted by Crippen LogP contribution is -2.51. The van der Waals surface area contributed by atoms with E-state index in [1.165, 1.54) is 17.5 Å². The van der Waals surface area contributed by atoms with Gasteiger partial charge in [0, 0.05) is 50.7 Å². The Hall–Kier alpha value is -1.88. The maximum atomic E-state index is 12.8. The number of hydrogen-bond acceptors (Lipinski definition) is 3. The third-order valence-electron chi connectivity index (χ3n) is 6.29. The number of likely N-dealkylation sites (N-methyl/N-ethyl adjacent to an activating group) is 1. The van der Waals surface area contributed by atoms with Crippen molar-refractivity contribution >= 4 is 11.8 Å². The number of carbonyl (C=O) groups is 2. The quantitative estimate of drug-likeness (QED) is 0.813. The summed E-state index contributed by atoms with van der Waals surface area (Å²) in [5, 5.41) is 0. The number of hydrogen-bond donors (Lipinski definition) is 0. The van der Waals surface area contributed by atoms with Crippen molar-refractivity contribution in [1.29, 1.82) is 0 Å². The highest BCUT2D eigenvalue weighted by molar-refractivity contribution is 5.94. The summed E-state index contributed by atoms with van der Waals surface area (Å²) in [6.45, 7) is 4.98. The number of amides is 2. The smallest absolute Gasteiger partial charge is 0.253 e. The average Bonchev–Trinajstić information content (AvgIpc) is 3.15. The molecule has 0 spiro atoms. The first-order valence-electron chi connectivity index (χ1n) is 10.0. The van der Waals surface area contributed by atoms with Gasteiger partial charge in [0.2, 0.25) is 5.91 Å². The molecule has 2 fully saturated rings. The van der Waals surface area contributed by atoms with Crippen molar-refractivity contribution in [2.24, 2.45) is 5.92 Å². The molecule has 0 N–H and O–H groups in total. The van der Waals surface area contributed by atoms with Crippen LogP contribution in [-0.4, -0.2) is 72.8 Å². The number of carbonyl (C=O) groups excluding carboxylic acids is 2. The van der Waals surface area contributed by atoms with Gasteiger partial charge in [0.1, 0.15) is 0 Å². The van der Waals surface area contributed by atoms with Crippen LogP contribution in [-0.2, 0) is 17.6 Å². The number of fused-ring (bicyclic) bond motifs is 1. The minimum atomic E-state index is 0.0856. The van der Waals surface area contributed by atoms with E-state index in [4.69, 9.17) is 0 Å². The number of benzene rings is 1. The second kappa shape index (κ2) is 7.39. The predicted octanol–water partition coefficient (Wildman–Crippen LogP) is 1.80. The van der Waals surface area contributed by atoms with Gasteiger partial charge < -0.3 is 14.7 Å². The van der Waals surface area contributed by atoms with Gasteiger partial charge in [-0.3, -0.25) is 9.59 Å². The Morgan fingerprint density at radius 3 is 2.31 bits per heavy atom. The Morgan fingerprint density at radius 2 is 1.58 bits per heavy atom. The highest BCUT2D eigenvalue weighted by Gasteiger charge is 2.31. The van der Waals surface area contributed by atoms with E-state index in [2.05, 4.69) is 24.1 Å². The summed E-state index contributed by atoms with van der Waals surface area (Å²) < 4.78 is 0. The van der Waals surface area contributed by atoms with E-state index < -0.39 is 0 Å². The normalized spacial score (nSPS) is 21.7. The van der Waals surface area contributed by atoms with Crippen molar-refractivity contribution in [1.82, 2.24) is 14.7 Å². The Morgan fingerprint density at radius 1 is 0.885 bits per heavy atom. The van der Waals surface area contributed by atoms with Gasteiger partial charge in [-0.2, -0.15) is 0 Å². The third-order valence-corrected chi connectivity index (χ3v) is 6.29. The number of aryl methyl sites for hydroxylation is 2. The molecule has 0 atom stereocenters. The molecular weight excluding hydrogens is 326 g/mol. The van der Waals surface area contributed by atoms with Gasteiger partial charge in [-0.1, -0.05) is 6.07 Å². The molecule has 1 aliphatic carbocycles. The molecular formula is C21H29N3O2. The van der Waals surface area contributed by atoms with Gasteiger partial charge in [-0.25, -0.2) is 0 Å². The van der Waals surface area contributed by atoms with E-state index in [0.717, 1.165) is 57.4 Å². The SMILES string of the molecule is CN1CCN(C(=O)C2CCN(C(=O)c3ccc4c(c3)CCC4)CC2)CC1. The zero-order chi connectivity index (χ0) is 18.1. The first kappa shape index (κ1) is 17.5. The lowest BCUT2D eigenvalue weighted by molar-refractivity contribution is -0.138. The van der Waals surface area contributed by atoms with Crippen molar-refractivity contribution in [2.45, 2.75) is 32.1 Å². The van der Waals surface area contributed by atoms with Crippen molar-refractivity contribution < 1.29 is 9.59 Å². The van der Waals surface area contributed by atoms with E-state index in [-0.39, 0.29) is 11.8 Å². The van der Waals surface area contributed by atoms with E-state index >= 15 is 0 Å². The van der Waals surface area contributed by atoms with Crippen LogP contribution in [0.4, 0.5) is 0 Å². The van der Waals surface area contributed by atoms with Crippen molar-refractivity contribution in [3.05, 3.63) is 34.9 Å². The number of piperidine rings is 1. The van der Waals surface area contributed by atoms with Gasteiger partial charge in [-0.05, 0) is 62.4 Å². The number of rotatable bonds is 2. The third kappa shape index (κ3) is 3.50. The fraction of sp³-hybridized carbons (Fsp3) is 0.619. The van der Waals surface area contributed by atoms with E-state index in [0.29, 0.717) is 19.0 Å². The molecule has 0 saturated carbocycles. The molecule has 2 heterocycles. The number of piperazine rings is 1. The molecule has 3 aliphatic rings. The standard InChI is InChI=1S/C21H29N3O2/c1-22-11-13-24(14-12-22)20(25)17-7-9-23(10-8-17)21(26)19-6-5-16-3-2-4-18(16)15-19/h5-6,15,17H,2-4,7-14H2,1H3. The van der Waals surface area contributed by atoms with Crippen LogP contribution in [0.3, 0.4) is 0 Å². The summed E-state index contributed by atoms with van der Waals surface area (Å²) in [6.07, 6.45) is 5.03. The minimum Gasteiger partial charge on any atom is -0.340 e. The summed E-state index contributed by atoms with van der Waals surface area (Å²) in [5.74, 6) is 0.510. The molecule has 4 rings (SSSR count). The summed E-state index contributed by atoms with van der Waals surface area (Å²) in [7, 11) is 2.10. The molecule has 0 unspecified atom stereocenters. The van der Waals surface area contributed by atoms with Crippen LogP contribution in [0.5, 0.6) is 0 Å². The van der Waals surface area contributed by atoms with Gasteiger partial charge in [0.05, 0.1) is 0 Å². The van der Waals surface area contributed by atoms with Crippen molar-refractivity contribution in [3.63, 3.8) is 0 Å².